The summed E-state index contributed by atoms with van der Waals surface area (Å²) in [6.45, 7) is 0.250. The number of aromatic nitrogens is 2. The van der Waals surface area contributed by atoms with Crippen LogP contribution in [0, 0.1) is 5.82 Å². The standard InChI is InChI=1S/C24H22FN3O3/c1-26-13-12-20-21(26)14-22(24(30)31-2)28(20)16-23(29)27(15-17-6-4-3-5-7-17)19-10-8-18(25)9-11-19/h3-14H,15-16H2,1-2H3. The van der Waals surface area contributed by atoms with Crippen LogP contribution in [0.5, 0.6) is 0 Å². The van der Waals surface area contributed by atoms with E-state index in [4.69, 9.17) is 4.74 Å². The van der Waals surface area contributed by atoms with Crippen molar-refractivity contribution < 1.29 is 18.7 Å². The summed E-state index contributed by atoms with van der Waals surface area (Å²) in [5, 5.41) is 0. The van der Waals surface area contributed by atoms with Gasteiger partial charge >= 0.3 is 5.97 Å². The number of benzene rings is 2. The number of rotatable bonds is 6. The molecule has 2 aromatic heterocycles. The predicted octanol–water partition coefficient (Wildman–Crippen LogP) is 4.14. The first kappa shape index (κ1) is 20.4. The lowest BCUT2D eigenvalue weighted by molar-refractivity contribution is -0.119. The lowest BCUT2D eigenvalue weighted by Crippen LogP contribution is -2.34. The minimum atomic E-state index is -0.514. The maximum absolute atomic E-state index is 13.5. The molecule has 0 aliphatic rings. The number of aryl methyl sites for hydroxylation is 1. The Morgan fingerprint density at radius 1 is 1.00 bits per heavy atom. The third-order valence-electron chi connectivity index (χ3n) is 5.26. The summed E-state index contributed by atoms with van der Waals surface area (Å²) < 4.78 is 21.9. The Balaban J connectivity index is 1.72. The minimum absolute atomic E-state index is 0.0673. The molecule has 0 atom stereocenters. The lowest BCUT2D eigenvalue weighted by atomic mass is 10.2. The number of esters is 1. The molecule has 0 fully saturated rings. The highest BCUT2D eigenvalue weighted by Crippen LogP contribution is 2.24. The summed E-state index contributed by atoms with van der Waals surface area (Å²) in [5.41, 5.74) is 3.40. The molecule has 0 N–H and O–H groups in total. The quantitative estimate of drug-likeness (QED) is 0.442. The summed E-state index contributed by atoms with van der Waals surface area (Å²) in [6.07, 6.45) is 1.87. The number of nitrogens with zero attached hydrogens (tertiary/aromatic N) is 3. The normalized spacial score (nSPS) is 10.9. The third-order valence-corrected chi connectivity index (χ3v) is 5.26. The second-order valence-electron chi connectivity index (χ2n) is 7.25. The summed E-state index contributed by atoms with van der Waals surface area (Å²) in [7, 11) is 3.18. The van der Waals surface area contributed by atoms with Crippen molar-refractivity contribution in [2.24, 2.45) is 7.05 Å². The second kappa shape index (κ2) is 8.47. The highest BCUT2D eigenvalue weighted by atomic mass is 19.1. The first-order chi connectivity index (χ1) is 15.0. The van der Waals surface area contributed by atoms with Gasteiger partial charge in [-0.05, 0) is 42.0 Å². The van der Waals surface area contributed by atoms with Crippen LogP contribution in [-0.4, -0.2) is 28.1 Å². The number of amides is 1. The molecule has 0 aliphatic heterocycles. The van der Waals surface area contributed by atoms with Gasteiger partial charge in [0.1, 0.15) is 18.1 Å². The van der Waals surface area contributed by atoms with Crippen molar-refractivity contribution >= 4 is 28.6 Å². The average molecular weight is 419 g/mol. The van der Waals surface area contributed by atoms with Crippen LogP contribution in [0.15, 0.2) is 72.9 Å². The van der Waals surface area contributed by atoms with E-state index in [2.05, 4.69) is 0 Å². The minimum Gasteiger partial charge on any atom is -0.464 e. The van der Waals surface area contributed by atoms with Crippen molar-refractivity contribution in [3.63, 3.8) is 0 Å². The predicted molar refractivity (Wildman–Crippen MR) is 116 cm³/mol. The maximum atomic E-state index is 13.5. The van der Waals surface area contributed by atoms with Gasteiger partial charge in [-0.25, -0.2) is 9.18 Å². The number of carbonyl (C=O) groups is 2. The van der Waals surface area contributed by atoms with Crippen LogP contribution in [0.3, 0.4) is 0 Å². The van der Waals surface area contributed by atoms with Crippen LogP contribution in [0.4, 0.5) is 10.1 Å². The van der Waals surface area contributed by atoms with Gasteiger partial charge in [0.25, 0.3) is 0 Å². The largest absolute Gasteiger partial charge is 0.464 e. The van der Waals surface area contributed by atoms with E-state index in [1.54, 1.807) is 27.7 Å². The SMILES string of the molecule is COC(=O)c1cc2c(ccn2C)n1CC(=O)N(Cc1ccccc1)c1ccc(F)cc1. The number of ether oxygens (including phenoxy) is 1. The lowest BCUT2D eigenvalue weighted by Gasteiger charge is -2.24. The van der Waals surface area contributed by atoms with E-state index in [-0.39, 0.29) is 18.3 Å². The topological polar surface area (TPSA) is 56.5 Å². The van der Waals surface area contributed by atoms with Crippen LogP contribution < -0.4 is 4.90 Å². The van der Waals surface area contributed by atoms with Crippen molar-refractivity contribution in [1.29, 1.82) is 0 Å². The third kappa shape index (κ3) is 4.07. The zero-order valence-corrected chi connectivity index (χ0v) is 17.3. The molecule has 7 heteroatoms. The van der Waals surface area contributed by atoms with Gasteiger partial charge in [0.2, 0.25) is 5.91 Å². The van der Waals surface area contributed by atoms with Gasteiger partial charge in [0, 0.05) is 18.9 Å². The van der Waals surface area contributed by atoms with Crippen molar-refractivity contribution in [2.75, 3.05) is 12.0 Å². The molecule has 0 unspecified atom stereocenters. The molecule has 31 heavy (non-hydrogen) atoms. The second-order valence-corrected chi connectivity index (χ2v) is 7.25. The number of halogens is 1. The first-order valence-electron chi connectivity index (χ1n) is 9.80. The Hall–Kier alpha value is -3.87. The van der Waals surface area contributed by atoms with Crippen molar-refractivity contribution in [2.45, 2.75) is 13.1 Å². The van der Waals surface area contributed by atoms with Gasteiger partial charge in [0.05, 0.1) is 24.7 Å². The number of anilines is 1. The van der Waals surface area contributed by atoms with E-state index >= 15 is 0 Å². The fourth-order valence-corrected chi connectivity index (χ4v) is 3.65. The number of hydrogen-bond acceptors (Lipinski definition) is 3. The molecule has 2 heterocycles. The van der Waals surface area contributed by atoms with Crippen LogP contribution in [0.1, 0.15) is 16.1 Å². The molecular formula is C24H22FN3O3. The maximum Gasteiger partial charge on any atom is 0.354 e. The monoisotopic (exact) mass is 419 g/mol. The molecule has 0 aliphatic carbocycles. The number of carbonyl (C=O) groups excluding carboxylic acids is 2. The van der Waals surface area contributed by atoms with Crippen LogP contribution in [0.2, 0.25) is 0 Å². The molecular weight excluding hydrogens is 397 g/mol. The first-order valence-corrected chi connectivity index (χ1v) is 9.80. The molecule has 158 valence electrons. The van der Waals surface area contributed by atoms with Crippen molar-refractivity contribution in [3.05, 3.63) is 90.0 Å². The van der Waals surface area contributed by atoms with E-state index in [0.29, 0.717) is 17.9 Å². The van der Waals surface area contributed by atoms with E-state index in [1.807, 2.05) is 54.2 Å². The number of fused-ring (bicyclic) bond motifs is 1. The van der Waals surface area contributed by atoms with E-state index in [1.165, 1.54) is 19.2 Å². The highest BCUT2D eigenvalue weighted by molar-refractivity contribution is 5.98. The molecule has 4 aromatic rings. The van der Waals surface area contributed by atoms with Crippen LogP contribution >= 0.6 is 0 Å². The van der Waals surface area contributed by atoms with Gasteiger partial charge in [-0.2, -0.15) is 0 Å². The summed E-state index contributed by atoms with van der Waals surface area (Å²) in [5.74, 6) is -1.12. The van der Waals surface area contributed by atoms with Gasteiger partial charge in [-0.15, -0.1) is 0 Å². The molecule has 0 spiro atoms. The average Bonchev–Trinajstić information content (AvgIpc) is 3.33. The fourth-order valence-electron chi connectivity index (χ4n) is 3.65. The van der Waals surface area contributed by atoms with Gasteiger partial charge < -0.3 is 18.8 Å². The fraction of sp³-hybridized carbons (Fsp3) is 0.167. The Bertz CT molecular complexity index is 1230. The zero-order valence-electron chi connectivity index (χ0n) is 17.3. The van der Waals surface area contributed by atoms with Crippen molar-refractivity contribution in [1.82, 2.24) is 9.13 Å². The molecule has 1 amide bonds. The molecule has 2 aromatic carbocycles. The highest BCUT2D eigenvalue weighted by Gasteiger charge is 2.23. The Morgan fingerprint density at radius 3 is 2.39 bits per heavy atom. The zero-order chi connectivity index (χ0) is 22.0. The summed E-state index contributed by atoms with van der Waals surface area (Å²) >= 11 is 0. The van der Waals surface area contributed by atoms with Crippen LogP contribution in [0.25, 0.3) is 11.0 Å². The smallest absolute Gasteiger partial charge is 0.354 e. The number of methoxy groups -OCH3 is 1. The molecule has 0 bridgehead atoms. The molecule has 0 radical (unpaired) electrons. The van der Waals surface area contributed by atoms with Gasteiger partial charge in [-0.3, -0.25) is 4.79 Å². The van der Waals surface area contributed by atoms with E-state index in [0.717, 1.165) is 16.6 Å². The summed E-state index contributed by atoms with van der Waals surface area (Å²) in [4.78, 5) is 27.4. The Labute approximate surface area is 179 Å². The van der Waals surface area contributed by atoms with Crippen LogP contribution in [-0.2, 0) is 29.7 Å². The Kier molecular flexibility index (Phi) is 5.58. The molecule has 4 rings (SSSR count). The van der Waals surface area contributed by atoms with E-state index in [9.17, 15) is 14.0 Å². The number of hydrogen-bond donors (Lipinski definition) is 0. The molecule has 0 saturated carbocycles. The van der Waals surface area contributed by atoms with Crippen molar-refractivity contribution in [3.8, 4) is 0 Å². The summed E-state index contributed by atoms with van der Waals surface area (Å²) in [6, 6.07) is 18.9. The molecule has 0 saturated heterocycles. The van der Waals surface area contributed by atoms with Gasteiger partial charge in [0.15, 0.2) is 0 Å². The Morgan fingerprint density at radius 2 is 1.71 bits per heavy atom. The molecule has 6 nitrogen and oxygen atoms in total. The van der Waals surface area contributed by atoms with E-state index < -0.39 is 5.97 Å². The van der Waals surface area contributed by atoms with Gasteiger partial charge in [-0.1, -0.05) is 30.3 Å².